The Hall–Kier alpha value is 0.192. The van der Waals surface area contributed by atoms with Gasteiger partial charge in [0.25, 0.3) is 0 Å². The fraction of sp³-hybridized carbons (Fsp3) is 0.667. The van der Waals surface area contributed by atoms with E-state index in [1.54, 1.807) is 0 Å². The van der Waals surface area contributed by atoms with E-state index in [1.807, 2.05) is 0 Å². The molecule has 0 spiro atoms. The average Bonchev–Trinajstić information content (AvgIpc) is 2.86. The first-order valence-corrected chi connectivity index (χ1v) is 10.6. The SMILES string of the molecule is O=C([O-])C(O)COCl.O=C([O-])C(O)COCl.O=C([O-])C(O)COCl.O=C([O-])C(O)COCl.O=C([O-])C(O)COCl.[Al+3].[Ca+2]. The van der Waals surface area contributed by atoms with Crippen LogP contribution in [0.2, 0.25) is 0 Å². The maximum atomic E-state index is 9.59. The zero-order valence-corrected chi connectivity index (χ0v) is 27.6. The van der Waals surface area contributed by atoms with Crippen LogP contribution in [0.1, 0.15) is 0 Å². The Bertz CT molecular complexity index is 558. The second kappa shape index (κ2) is 41.2. The summed E-state index contributed by atoms with van der Waals surface area (Å²) in [4.78, 5) is 47.9. The number of aliphatic hydroxyl groups excluding tert-OH is 5. The van der Waals surface area contributed by atoms with Crippen LogP contribution in [0.3, 0.4) is 0 Å². The van der Waals surface area contributed by atoms with Crippen molar-refractivity contribution in [2.45, 2.75) is 30.5 Å². The van der Waals surface area contributed by atoms with E-state index in [9.17, 15) is 49.5 Å². The van der Waals surface area contributed by atoms with Crippen LogP contribution in [0.5, 0.6) is 0 Å². The van der Waals surface area contributed by atoms with Gasteiger partial charge in [0, 0.05) is 0 Å². The van der Waals surface area contributed by atoms with Gasteiger partial charge in [-0.3, -0.25) is 21.4 Å². The van der Waals surface area contributed by atoms with Crippen molar-refractivity contribution in [3.63, 3.8) is 0 Å². The molecular formula is C15H20AlCaCl5O20. The largest absolute Gasteiger partial charge is 3.00 e. The van der Waals surface area contributed by atoms with Gasteiger partial charge < -0.3 is 75.0 Å². The van der Waals surface area contributed by atoms with Crippen LogP contribution in [0.15, 0.2) is 0 Å². The van der Waals surface area contributed by atoms with Gasteiger partial charge in [0.05, 0.1) is 122 Å². The fourth-order valence-corrected chi connectivity index (χ4v) is 1.24. The molecule has 0 saturated heterocycles. The first-order valence-electron chi connectivity index (χ1n) is 9.03. The summed E-state index contributed by atoms with van der Waals surface area (Å²) < 4.78 is 18.8. The van der Waals surface area contributed by atoms with Crippen molar-refractivity contribution in [1.82, 2.24) is 0 Å². The van der Waals surface area contributed by atoms with E-state index in [4.69, 9.17) is 25.5 Å². The first-order chi connectivity index (χ1) is 18.4. The van der Waals surface area contributed by atoms with Crippen molar-refractivity contribution in [1.29, 1.82) is 0 Å². The first kappa shape index (κ1) is 57.8. The number of rotatable bonds is 15. The summed E-state index contributed by atoms with van der Waals surface area (Å²) >= 11 is 22.9. The van der Waals surface area contributed by atoms with Gasteiger partial charge in [0.15, 0.2) is 0 Å². The number of hydrogen-bond acceptors (Lipinski definition) is 20. The molecule has 0 aliphatic carbocycles. The van der Waals surface area contributed by atoms with Gasteiger partial charge in [0.1, 0.15) is 30.5 Å². The topological polar surface area (TPSA) is 348 Å². The van der Waals surface area contributed by atoms with Crippen molar-refractivity contribution in [2.75, 3.05) is 33.0 Å². The summed E-state index contributed by atoms with van der Waals surface area (Å²) in [5, 5.41) is 89.2. The summed E-state index contributed by atoms with van der Waals surface area (Å²) in [6, 6.07) is 0. The molecule has 0 aromatic heterocycles. The Labute approximate surface area is 302 Å². The standard InChI is InChI=1S/5C3H5ClO4.Al.Ca/c5*4-8-1-2(5)3(6)7;;/h5*2,5H,1H2,(H,6,7);;/q;;;;;+3;+2/p-5. The van der Waals surface area contributed by atoms with Gasteiger partial charge in [-0.15, -0.1) is 0 Å². The molecule has 27 heteroatoms. The van der Waals surface area contributed by atoms with Crippen LogP contribution in [0, 0.1) is 0 Å². The Morgan fingerprint density at radius 2 is 0.524 bits per heavy atom. The van der Waals surface area contributed by atoms with Gasteiger partial charge in [-0.25, -0.2) is 0 Å². The minimum absolute atomic E-state index is 0. The number of carboxylic acids is 5. The monoisotopic (exact) mass is 762 g/mol. The van der Waals surface area contributed by atoms with Crippen molar-refractivity contribution in [3.05, 3.63) is 0 Å². The van der Waals surface area contributed by atoms with Gasteiger partial charge in [0.2, 0.25) is 0 Å². The van der Waals surface area contributed by atoms with E-state index >= 15 is 0 Å². The molecule has 0 aromatic carbocycles. The molecule has 0 bridgehead atoms. The van der Waals surface area contributed by atoms with Gasteiger partial charge in [-0.2, -0.15) is 0 Å². The molecule has 0 aliphatic rings. The molecule has 0 radical (unpaired) electrons. The van der Waals surface area contributed by atoms with Gasteiger partial charge in [-0.05, 0) is 0 Å². The minimum Gasteiger partial charge on any atom is -0.547 e. The van der Waals surface area contributed by atoms with E-state index < -0.39 is 93.4 Å². The summed E-state index contributed by atoms with van der Waals surface area (Å²) in [6.45, 7) is -2.27. The molecule has 0 heterocycles. The van der Waals surface area contributed by atoms with Crippen molar-refractivity contribution >= 4 is 144 Å². The average molecular weight is 765 g/mol. The van der Waals surface area contributed by atoms with Crippen LogP contribution in [-0.2, 0) is 45.4 Å². The number of aliphatic carboxylic acids is 5. The maximum Gasteiger partial charge on any atom is 3.00 e. The predicted molar refractivity (Wildman–Crippen MR) is 126 cm³/mol. The van der Waals surface area contributed by atoms with Crippen molar-refractivity contribution < 1.29 is 96.5 Å². The summed E-state index contributed by atoms with van der Waals surface area (Å²) in [6.07, 6.45) is -8.16. The normalized spacial score (nSPS) is 12.6. The Kier molecular flexibility index (Phi) is 56.7. The molecule has 0 fully saturated rings. The van der Waals surface area contributed by atoms with Crippen molar-refractivity contribution in [2.24, 2.45) is 0 Å². The van der Waals surface area contributed by atoms with E-state index in [0.29, 0.717) is 0 Å². The maximum absolute atomic E-state index is 9.59. The number of halogens is 5. The molecular weight excluding hydrogens is 744 g/mol. The van der Waals surface area contributed by atoms with E-state index in [0.717, 1.165) is 0 Å². The molecule has 5 N–H and O–H groups in total. The summed E-state index contributed by atoms with van der Waals surface area (Å²) in [7, 11) is 0. The van der Waals surface area contributed by atoms with Crippen LogP contribution in [-0.4, -0.2) is 174 Å². The molecule has 0 rings (SSSR count). The quantitative estimate of drug-likeness (QED) is 0.0966. The number of aliphatic hydroxyl groups is 5. The molecule has 20 nitrogen and oxygen atoms in total. The number of hydrogen-bond donors (Lipinski definition) is 5. The Balaban J connectivity index is -0.0000000721. The molecule has 0 amide bonds. The molecule has 5 unspecified atom stereocenters. The molecule has 5 atom stereocenters. The fourth-order valence-electron chi connectivity index (χ4n) is 0.639. The summed E-state index contributed by atoms with van der Waals surface area (Å²) in [5.41, 5.74) is 0. The molecule has 42 heavy (non-hydrogen) atoms. The van der Waals surface area contributed by atoms with Crippen molar-refractivity contribution in [3.8, 4) is 0 Å². The van der Waals surface area contributed by atoms with Gasteiger partial charge in [-0.1, -0.05) is 0 Å². The van der Waals surface area contributed by atoms with Crippen LogP contribution < -0.4 is 25.5 Å². The smallest absolute Gasteiger partial charge is 0.547 e. The Morgan fingerprint density at radius 3 is 0.548 bits per heavy atom. The second-order valence-electron chi connectivity index (χ2n) is 5.55. The third kappa shape index (κ3) is 49.8. The zero-order chi connectivity index (χ0) is 32.8. The van der Waals surface area contributed by atoms with Crippen LogP contribution >= 0.6 is 59.3 Å². The summed E-state index contributed by atoms with van der Waals surface area (Å²) in [5.74, 6) is -7.96. The molecule has 240 valence electrons. The van der Waals surface area contributed by atoms with E-state index in [1.165, 1.54) is 0 Å². The third-order valence-electron chi connectivity index (χ3n) is 2.46. The van der Waals surface area contributed by atoms with Gasteiger partial charge >= 0.3 is 55.1 Å². The second-order valence-corrected chi connectivity index (χ2v) is 6.64. The molecule has 0 aromatic rings. The minimum atomic E-state index is -1.63. The Morgan fingerprint density at radius 1 is 0.429 bits per heavy atom. The predicted octanol–water partition coefficient (Wildman–Crippen LogP) is -9.42. The number of carbonyl (C=O) groups excluding carboxylic acids is 5. The van der Waals surface area contributed by atoms with Crippen LogP contribution in [0.25, 0.3) is 0 Å². The third-order valence-corrected chi connectivity index (χ3v) is 3.09. The molecule has 0 aliphatic heterocycles. The number of carboxylic acid groups (broad SMARTS) is 5. The van der Waals surface area contributed by atoms with E-state index in [-0.39, 0.29) is 55.1 Å². The van der Waals surface area contributed by atoms with Crippen LogP contribution in [0.4, 0.5) is 0 Å². The zero-order valence-electron chi connectivity index (χ0n) is 20.5. The number of carbonyl (C=O) groups is 5. The van der Waals surface area contributed by atoms with E-state index in [2.05, 4.69) is 80.8 Å². The molecule has 0 saturated carbocycles.